The van der Waals surface area contributed by atoms with E-state index in [1.54, 1.807) is 4.68 Å². The third-order valence-electron chi connectivity index (χ3n) is 3.15. The molecule has 2 aromatic heterocycles. The molecule has 0 atom stereocenters. The Bertz CT molecular complexity index is 658. The molecule has 0 aliphatic heterocycles. The number of carbonyl (C=O) groups excluding carboxylic acids is 1. The molecule has 1 N–H and O–H groups in total. The second kappa shape index (κ2) is 6.01. The predicted molar refractivity (Wildman–Crippen MR) is 77.0 cm³/mol. The minimum absolute atomic E-state index is 0.205. The minimum atomic E-state index is -0.218. The van der Waals surface area contributed by atoms with Crippen molar-refractivity contribution < 1.29 is 9.63 Å². The molecule has 0 fully saturated rings. The van der Waals surface area contributed by atoms with Crippen molar-refractivity contribution in [3.8, 4) is 5.95 Å². The molecule has 21 heavy (non-hydrogen) atoms. The fraction of sp³-hybridized carbons (Fsp3) is 0.429. The monoisotopic (exact) mass is 289 g/mol. The summed E-state index contributed by atoms with van der Waals surface area (Å²) in [4.78, 5) is 25.1. The van der Waals surface area contributed by atoms with Gasteiger partial charge in [0.2, 0.25) is 5.91 Å². The molecule has 0 radical (unpaired) electrons. The summed E-state index contributed by atoms with van der Waals surface area (Å²) >= 11 is 0. The number of nitrogens with one attached hydrogen (secondary N) is 1. The summed E-state index contributed by atoms with van der Waals surface area (Å²) in [6.45, 7) is 7.59. The van der Waals surface area contributed by atoms with Crippen LogP contribution in [0.5, 0.6) is 0 Å². The van der Waals surface area contributed by atoms with E-state index in [0.717, 1.165) is 28.3 Å². The number of hydrogen-bond donors (Lipinski definition) is 1. The van der Waals surface area contributed by atoms with Crippen LogP contribution in [0.2, 0.25) is 0 Å². The highest BCUT2D eigenvalue weighted by Gasteiger charge is 2.17. The van der Waals surface area contributed by atoms with Gasteiger partial charge in [-0.2, -0.15) is 5.10 Å². The second-order valence-electron chi connectivity index (χ2n) is 4.92. The summed E-state index contributed by atoms with van der Waals surface area (Å²) in [5.41, 5.74) is 6.55. The van der Waals surface area contributed by atoms with E-state index in [1.165, 1.54) is 7.11 Å². The number of carbonyl (C=O) groups is 1. The maximum atomic E-state index is 11.7. The summed E-state index contributed by atoms with van der Waals surface area (Å²) in [6, 6.07) is 1.90. The molecule has 0 spiro atoms. The zero-order valence-corrected chi connectivity index (χ0v) is 12.9. The Morgan fingerprint density at radius 2 is 1.86 bits per heavy atom. The van der Waals surface area contributed by atoms with Crippen LogP contribution in [-0.2, 0) is 16.1 Å². The van der Waals surface area contributed by atoms with E-state index >= 15 is 0 Å². The third kappa shape index (κ3) is 3.25. The van der Waals surface area contributed by atoms with E-state index in [2.05, 4.69) is 25.4 Å². The first-order chi connectivity index (χ1) is 9.92. The molecule has 7 nitrogen and oxygen atoms in total. The molecule has 7 heteroatoms. The molecular weight excluding hydrogens is 270 g/mol. The number of nitrogens with zero attached hydrogens (tertiary/aromatic N) is 4. The fourth-order valence-corrected chi connectivity index (χ4v) is 2.24. The lowest BCUT2D eigenvalue weighted by atomic mass is 10.1. The molecule has 0 bridgehead atoms. The summed E-state index contributed by atoms with van der Waals surface area (Å²) in [5, 5.41) is 4.45. The minimum Gasteiger partial charge on any atom is -0.277 e. The molecule has 2 rings (SSSR count). The van der Waals surface area contributed by atoms with Crippen LogP contribution < -0.4 is 5.48 Å². The normalized spacial score (nSPS) is 10.7. The van der Waals surface area contributed by atoms with E-state index in [-0.39, 0.29) is 12.3 Å². The predicted octanol–water partition coefficient (Wildman–Crippen LogP) is 1.12. The van der Waals surface area contributed by atoms with Crippen LogP contribution >= 0.6 is 0 Å². The lowest BCUT2D eigenvalue weighted by Crippen LogP contribution is -2.24. The molecule has 2 heterocycles. The Kier molecular flexibility index (Phi) is 4.32. The number of amides is 1. The Hall–Kier alpha value is -2.28. The number of hydrogen-bond acceptors (Lipinski definition) is 5. The fourth-order valence-electron chi connectivity index (χ4n) is 2.24. The van der Waals surface area contributed by atoms with Gasteiger partial charge in [0.05, 0.1) is 19.2 Å². The largest absolute Gasteiger partial charge is 0.277 e. The Morgan fingerprint density at radius 3 is 2.43 bits per heavy atom. The van der Waals surface area contributed by atoms with E-state index in [4.69, 9.17) is 0 Å². The van der Waals surface area contributed by atoms with Gasteiger partial charge in [0, 0.05) is 22.6 Å². The molecule has 2 aromatic rings. The van der Waals surface area contributed by atoms with E-state index in [9.17, 15) is 4.79 Å². The summed E-state index contributed by atoms with van der Waals surface area (Å²) in [7, 11) is 1.41. The molecule has 112 valence electrons. The third-order valence-corrected chi connectivity index (χ3v) is 3.15. The van der Waals surface area contributed by atoms with Gasteiger partial charge in [-0.1, -0.05) is 0 Å². The molecular formula is C14H19N5O2. The molecule has 1 amide bonds. The van der Waals surface area contributed by atoms with Crippen LogP contribution in [0.15, 0.2) is 6.07 Å². The lowest BCUT2D eigenvalue weighted by Gasteiger charge is -2.06. The first kappa shape index (κ1) is 15.1. The van der Waals surface area contributed by atoms with Crippen LogP contribution in [-0.4, -0.2) is 32.8 Å². The van der Waals surface area contributed by atoms with Gasteiger partial charge in [-0.25, -0.2) is 20.1 Å². The van der Waals surface area contributed by atoms with Crippen LogP contribution in [0.4, 0.5) is 0 Å². The van der Waals surface area contributed by atoms with Gasteiger partial charge < -0.3 is 0 Å². The molecule has 0 aliphatic carbocycles. The summed E-state index contributed by atoms with van der Waals surface area (Å²) < 4.78 is 1.67. The van der Waals surface area contributed by atoms with Crippen molar-refractivity contribution in [2.24, 2.45) is 0 Å². The van der Waals surface area contributed by atoms with Crippen molar-refractivity contribution in [1.82, 2.24) is 25.2 Å². The number of rotatable bonds is 4. The molecule has 0 aliphatic rings. The van der Waals surface area contributed by atoms with Gasteiger partial charge in [0.15, 0.2) is 0 Å². The maximum absolute atomic E-state index is 11.7. The number of hydroxylamine groups is 1. The van der Waals surface area contributed by atoms with Crippen LogP contribution in [0, 0.1) is 27.7 Å². The molecule has 0 aromatic carbocycles. The average molecular weight is 289 g/mol. The summed E-state index contributed by atoms with van der Waals surface area (Å²) in [6.07, 6.45) is 0.205. The molecule has 0 unspecified atom stereocenters. The van der Waals surface area contributed by atoms with Gasteiger partial charge in [0.25, 0.3) is 5.95 Å². The second-order valence-corrected chi connectivity index (χ2v) is 4.92. The van der Waals surface area contributed by atoms with Crippen molar-refractivity contribution in [2.45, 2.75) is 34.1 Å². The number of aromatic nitrogens is 4. The quantitative estimate of drug-likeness (QED) is 0.853. The van der Waals surface area contributed by atoms with E-state index < -0.39 is 0 Å². The van der Waals surface area contributed by atoms with Gasteiger partial charge in [-0.05, 0) is 33.8 Å². The Morgan fingerprint density at radius 1 is 1.24 bits per heavy atom. The highest BCUT2D eigenvalue weighted by molar-refractivity contribution is 5.78. The summed E-state index contributed by atoms with van der Waals surface area (Å²) in [5.74, 6) is 0.302. The van der Waals surface area contributed by atoms with Crippen molar-refractivity contribution >= 4 is 5.91 Å². The van der Waals surface area contributed by atoms with Crippen LogP contribution in [0.3, 0.4) is 0 Å². The first-order valence-electron chi connectivity index (χ1n) is 6.62. The molecule has 0 saturated carbocycles. The van der Waals surface area contributed by atoms with Gasteiger partial charge >= 0.3 is 0 Å². The van der Waals surface area contributed by atoms with E-state index in [1.807, 2.05) is 33.8 Å². The highest BCUT2D eigenvalue weighted by Crippen LogP contribution is 2.17. The van der Waals surface area contributed by atoms with Crippen molar-refractivity contribution in [3.63, 3.8) is 0 Å². The highest BCUT2D eigenvalue weighted by atomic mass is 16.6. The van der Waals surface area contributed by atoms with Crippen molar-refractivity contribution in [1.29, 1.82) is 0 Å². The van der Waals surface area contributed by atoms with Crippen molar-refractivity contribution in [3.05, 3.63) is 34.4 Å². The zero-order valence-electron chi connectivity index (χ0n) is 12.9. The van der Waals surface area contributed by atoms with Crippen molar-refractivity contribution in [2.75, 3.05) is 7.11 Å². The lowest BCUT2D eigenvalue weighted by molar-refractivity contribution is -0.130. The van der Waals surface area contributed by atoms with Gasteiger partial charge in [-0.15, -0.1) is 0 Å². The number of aryl methyl sites for hydroxylation is 3. The maximum Gasteiger partial charge on any atom is 0.251 e. The van der Waals surface area contributed by atoms with Gasteiger partial charge in [0.1, 0.15) is 0 Å². The standard InChI is InChI=1S/C14H19N5O2/c1-8-6-9(2)16-14(15-8)19-11(4)12(10(3)17-19)7-13(20)18-21-5/h6H,7H2,1-5H3,(H,18,20). The topological polar surface area (TPSA) is 81.9 Å². The van der Waals surface area contributed by atoms with Crippen LogP contribution in [0.25, 0.3) is 5.95 Å². The van der Waals surface area contributed by atoms with E-state index in [0.29, 0.717) is 5.95 Å². The van der Waals surface area contributed by atoms with Crippen LogP contribution in [0.1, 0.15) is 28.3 Å². The van der Waals surface area contributed by atoms with Gasteiger partial charge in [-0.3, -0.25) is 9.63 Å². The zero-order chi connectivity index (χ0) is 15.6. The molecule has 0 saturated heterocycles. The smallest absolute Gasteiger partial charge is 0.251 e. The average Bonchev–Trinajstić information content (AvgIpc) is 2.66. The Balaban J connectivity index is 2.40. The Labute approximate surface area is 123 Å². The SMILES string of the molecule is CONC(=O)Cc1c(C)nn(-c2nc(C)cc(C)n2)c1C. The first-order valence-corrected chi connectivity index (χ1v) is 6.62.